The Hall–Kier alpha value is -3.68. The van der Waals surface area contributed by atoms with Gasteiger partial charge in [-0.1, -0.05) is 18.2 Å². The molecular weight excluding hydrogens is 435 g/mol. The van der Waals surface area contributed by atoms with Gasteiger partial charge in [-0.15, -0.1) is 5.10 Å². The lowest BCUT2D eigenvalue weighted by molar-refractivity contribution is -0.134. The molecule has 0 spiro atoms. The summed E-state index contributed by atoms with van der Waals surface area (Å²) < 4.78 is 15.5. The molecule has 3 aromatic rings. The Bertz CT molecular complexity index is 1220. The smallest absolute Gasteiger partial charge is 0.227 e. The summed E-state index contributed by atoms with van der Waals surface area (Å²) >= 11 is 0. The molecule has 2 atom stereocenters. The highest BCUT2D eigenvalue weighted by atomic mass is 19.1. The number of nitriles is 1. The summed E-state index contributed by atoms with van der Waals surface area (Å²) in [5, 5.41) is 24.0. The molecule has 3 heterocycles. The van der Waals surface area contributed by atoms with Gasteiger partial charge >= 0.3 is 0 Å². The van der Waals surface area contributed by atoms with Crippen LogP contribution in [0, 0.1) is 24.1 Å². The molecule has 1 aromatic heterocycles. The van der Waals surface area contributed by atoms with E-state index in [-0.39, 0.29) is 23.6 Å². The fraction of sp³-hybridized carbons (Fsp3) is 0.375. The molecule has 2 aliphatic rings. The van der Waals surface area contributed by atoms with E-state index < -0.39 is 5.82 Å². The summed E-state index contributed by atoms with van der Waals surface area (Å²) in [7, 11) is 0. The number of nitrogens with zero attached hydrogens (tertiary/aromatic N) is 7. The Morgan fingerprint density at radius 2 is 2.03 bits per heavy atom. The molecule has 0 bridgehead atoms. The van der Waals surface area contributed by atoms with Crippen LogP contribution in [0.3, 0.4) is 0 Å². The van der Waals surface area contributed by atoms with Gasteiger partial charge in [-0.2, -0.15) is 5.26 Å². The van der Waals surface area contributed by atoms with Crippen LogP contribution in [0.4, 0.5) is 4.39 Å². The number of benzene rings is 2. The van der Waals surface area contributed by atoms with Crippen LogP contribution in [0.1, 0.15) is 28.3 Å². The first-order chi connectivity index (χ1) is 16.5. The van der Waals surface area contributed by atoms with Gasteiger partial charge in [-0.3, -0.25) is 9.69 Å². The van der Waals surface area contributed by atoms with Gasteiger partial charge in [-0.25, -0.2) is 9.07 Å². The Morgan fingerprint density at radius 3 is 2.76 bits per heavy atom. The highest BCUT2D eigenvalue weighted by molar-refractivity contribution is 5.79. The summed E-state index contributed by atoms with van der Waals surface area (Å²) in [4.78, 5) is 17.3. The zero-order valence-electron chi connectivity index (χ0n) is 18.9. The molecular formula is C24H25FN8O. The van der Waals surface area contributed by atoms with Crippen LogP contribution in [0.5, 0.6) is 0 Å². The largest absolute Gasteiger partial charge is 0.340 e. The van der Waals surface area contributed by atoms with Crippen LogP contribution in [-0.4, -0.2) is 74.7 Å². The third kappa shape index (κ3) is 4.27. The van der Waals surface area contributed by atoms with Crippen molar-refractivity contribution < 1.29 is 9.18 Å². The molecule has 2 unspecified atom stereocenters. The Balaban J connectivity index is 1.19. The topological polar surface area (TPSA) is 103 Å². The van der Waals surface area contributed by atoms with E-state index in [2.05, 4.69) is 25.7 Å². The second-order valence-electron chi connectivity index (χ2n) is 8.80. The van der Waals surface area contributed by atoms with E-state index in [9.17, 15) is 14.4 Å². The molecule has 174 valence electrons. The summed E-state index contributed by atoms with van der Waals surface area (Å²) in [6.45, 7) is 5.44. The van der Waals surface area contributed by atoms with Gasteiger partial charge in [0.25, 0.3) is 0 Å². The molecule has 0 radical (unpaired) electrons. The lowest BCUT2D eigenvalue weighted by Gasteiger charge is -2.47. The van der Waals surface area contributed by atoms with E-state index in [1.165, 1.54) is 12.4 Å². The number of halogens is 1. The zero-order chi connectivity index (χ0) is 23.7. The van der Waals surface area contributed by atoms with Crippen LogP contribution in [0.2, 0.25) is 0 Å². The molecule has 1 N–H and O–H groups in total. The van der Waals surface area contributed by atoms with Gasteiger partial charge in [0, 0.05) is 44.8 Å². The molecule has 2 fully saturated rings. The standard InChI is InChI=1S/C24H25FN8O/c1-16-20(6-7-22(25)21(16)11-26)23-14-31-8-9-32(13-19(31)12-27-23)24(34)10-17-2-4-18(5-3-17)33-15-28-29-30-33/h2-7,15,19,23,27H,8-10,12-14H2,1H3. The van der Waals surface area contributed by atoms with E-state index in [1.54, 1.807) is 17.7 Å². The number of hydrogen-bond donors (Lipinski definition) is 1. The van der Waals surface area contributed by atoms with E-state index >= 15 is 0 Å². The molecule has 34 heavy (non-hydrogen) atoms. The van der Waals surface area contributed by atoms with Crippen molar-refractivity contribution in [3.8, 4) is 11.8 Å². The van der Waals surface area contributed by atoms with Crippen LogP contribution in [0.25, 0.3) is 5.69 Å². The van der Waals surface area contributed by atoms with Crippen molar-refractivity contribution in [2.75, 3.05) is 32.7 Å². The number of carbonyl (C=O) groups excluding carboxylic acids is 1. The highest BCUT2D eigenvalue weighted by Crippen LogP contribution is 2.27. The van der Waals surface area contributed by atoms with Crippen molar-refractivity contribution >= 4 is 5.91 Å². The molecule has 5 rings (SSSR count). The summed E-state index contributed by atoms with van der Waals surface area (Å²) in [6.07, 6.45) is 1.88. The van der Waals surface area contributed by atoms with Crippen LogP contribution in [-0.2, 0) is 11.2 Å². The molecule has 1 amide bonds. The van der Waals surface area contributed by atoms with E-state index in [0.29, 0.717) is 25.1 Å². The molecule has 0 saturated carbocycles. The first-order valence-electron chi connectivity index (χ1n) is 11.3. The van der Waals surface area contributed by atoms with Crippen molar-refractivity contribution in [2.45, 2.75) is 25.4 Å². The average Bonchev–Trinajstić information content (AvgIpc) is 3.39. The summed E-state index contributed by atoms with van der Waals surface area (Å²) in [5.74, 6) is -0.361. The second kappa shape index (κ2) is 9.29. The monoisotopic (exact) mass is 460 g/mol. The van der Waals surface area contributed by atoms with Gasteiger partial charge in [0.1, 0.15) is 18.2 Å². The molecule has 0 aliphatic carbocycles. The lowest BCUT2D eigenvalue weighted by Crippen LogP contribution is -2.62. The van der Waals surface area contributed by atoms with Gasteiger partial charge in [0.05, 0.1) is 17.7 Å². The maximum Gasteiger partial charge on any atom is 0.227 e. The molecule has 10 heteroatoms. The van der Waals surface area contributed by atoms with Crippen LogP contribution >= 0.6 is 0 Å². The minimum Gasteiger partial charge on any atom is -0.340 e. The van der Waals surface area contributed by atoms with Crippen molar-refractivity contribution in [3.05, 3.63) is 70.8 Å². The normalized spacial score (nSPS) is 20.6. The number of rotatable bonds is 4. The number of carbonyl (C=O) groups is 1. The van der Waals surface area contributed by atoms with Crippen molar-refractivity contribution in [1.82, 2.24) is 35.3 Å². The fourth-order valence-electron chi connectivity index (χ4n) is 4.88. The molecule has 2 aliphatic heterocycles. The SMILES string of the molecule is Cc1c(C2CN3CCN(C(=O)Cc4ccc(-n5cnnn5)cc4)CC3CN2)ccc(F)c1C#N. The van der Waals surface area contributed by atoms with E-state index in [0.717, 1.165) is 36.4 Å². The maximum atomic E-state index is 13.9. The number of hydrogen-bond acceptors (Lipinski definition) is 7. The van der Waals surface area contributed by atoms with Gasteiger partial charge in [-0.05, 0) is 52.2 Å². The van der Waals surface area contributed by atoms with Gasteiger partial charge < -0.3 is 10.2 Å². The van der Waals surface area contributed by atoms with E-state index in [1.807, 2.05) is 35.2 Å². The number of piperazine rings is 2. The number of nitrogens with one attached hydrogen (secondary N) is 1. The molecule has 2 aromatic carbocycles. The Kier molecular flexibility index (Phi) is 6.04. The average molecular weight is 461 g/mol. The minimum absolute atomic E-state index is 0.0323. The molecule has 9 nitrogen and oxygen atoms in total. The Morgan fingerprint density at radius 1 is 1.21 bits per heavy atom. The summed E-state index contributed by atoms with van der Waals surface area (Å²) in [5.41, 5.74) is 3.56. The third-order valence-electron chi connectivity index (χ3n) is 6.82. The minimum atomic E-state index is -0.477. The van der Waals surface area contributed by atoms with Crippen molar-refractivity contribution in [2.24, 2.45) is 0 Å². The lowest BCUT2D eigenvalue weighted by atomic mass is 9.93. The third-order valence-corrected chi connectivity index (χ3v) is 6.82. The number of amides is 1. The predicted molar refractivity (Wildman–Crippen MR) is 121 cm³/mol. The highest BCUT2D eigenvalue weighted by Gasteiger charge is 2.35. The maximum absolute atomic E-state index is 13.9. The van der Waals surface area contributed by atoms with E-state index in [4.69, 9.17) is 0 Å². The first kappa shape index (κ1) is 22.1. The second-order valence-corrected chi connectivity index (χ2v) is 8.80. The zero-order valence-corrected chi connectivity index (χ0v) is 18.9. The number of tetrazole rings is 1. The number of aromatic nitrogens is 4. The van der Waals surface area contributed by atoms with Crippen molar-refractivity contribution in [1.29, 1.82) is 5.26 Å². The predicted octanol–water partition coefficient (Wildman–Crippen LogP) is 1.38. The van der Waals surface area contributed by atoms with Crippen LogP contribution in [0.15, 0.2) is 42.7 Å². The van der Waals surface area contributed by atoms with Gasteiger partial charge in [0.15, 0.2) is 0 Å². The number of fused-ring (bicyclic) bond motifs is 1. The fourth-order valence-corrected chi connectivity index (χ4v) is 4.88. The quantitative estimate of drug-likeness (QED) is 0.628. The van der Waals surface area contributed by atoms with Crippen LogP contribution < -0.4 is 5.32 Å². The summed E-state index contributed by atoms with van der Waals surface area (Å²) in [6, 6.07) is 13.0. The Labute approximate surface area is 196 Å². The first-order valence-corrected chi connectivity index (χ1v) is 11.3. The van der Waals surface area contributed by atoms with Gasteiger partial charge in [0.2, 0.25) is 5.91 Å². The van der Waals surface area contributed by atoms with Crippen molar-refractivity contribution in [3.63, 3.8) is 0 Å². The molecule has 2 saturated heterocycles.